The van der Waals surface area contributed by atoms with Gasteiger partial charge in [-0.25, -0.2) is 4.39 Å². The summed E-state index contributed by atoms with van der Waals surface area (Å²) in [7, 11) is 4.17. The van der Waals surface area contributed by atoms with Gasteiger partial charge < -0.3 is 4.90 Å². The van der Waals surface area contributed by atoms with E-state index < -0.39 is 0 Å². The molecule has 0 aromatic heterocycles. The zero-order chi connectivity index (χ0) is 24.9. The monoisotopic (exact) mass is 460 g/mol. The van der Waals surface area contributed by atoms with E-state index in [1.165, 1.54) is 22.3 Å². The van der Waals surface area contributed by atoms with E-state index in [1.54, 1.807) is 12.1 Å². The lowest BCUT2D eigenvalue weighted by atomic mass is 9.90. The van der Waals surface area contributed by atoms with Crippen LogP contribution in [0.3, 0.4) is 0 Å². The molecule has 1 aliphatic heterocycles. The molecule has 2 nitrogen and oxygen atoms in total. The SMILES string of the molecule is C=C(C)/C=C\C/C=C(\C)CC(CC)c1ccc(F)cc1.CN(C)Cc1ccc2c(c1)N=CCC2. The molecule has 0 saturated carbocycles. The van der Waals surface area contributed by atoms with Crippen LogP contribution in [0.15, 0.2) is 83.4 Å². The maximum absolute atomic E-state index is 13.0. The minimum Gasteiger partial charge on any atom is -0.305 e. The molecule has 1 atom stereocenters. The third-order valence-electron chi connectivity index (χ3n) is 5.83. The molecule has 0 radical (unpaired) electrons. The van der Waals surface area contributed by atoms with Crippen LogP contribution in [-0.2, 0) is 13.0 Å². The van der Waals surface area contributed by atoms with E-state index in [9.17, 15) is 4.39 Å². The number of allylic oxidation sites excluding steroid dienone is 5. The van der Waals surface area contributed by atoms with E-state index in [1.807, 2.05) is 31.3 Å². The second-order valence-electron chi connectivity index (χ2n) is 9.45. The smallest absolute Gasteiger partial charge is 0.123 e. The van der Waals surface area contributed by atoms with Crippen LogP contribution in [0.5, 0.6) is 0 Å². The molecule has 0 fully saturated rings. The molecule has 2 aromatic rings. The Bertz CT molecular complexity index is 997. The van der Waals surface area contributed by atoms with Gasteiger partial charge in [0, 0.05) is 12.8 Å². The topological polar surface area (TPSA) is 15.6 Å². The third kappa shape index (κ3) is 10.0. The van der Waals surface area contributed by atoms with Gasteiger partial charge in [-0.05, 0) is 101 Å². The molecule has 2 aromatic carbocycles. The van der Waals surface area contributed by atoms with Crippen molar-refractivity contribution in [1.29, 1.82) is 0 Å². The molecular formula is C31H41FN2. The Hall–Kier alpha value is -2.78. The highest BCUT2D eigenvalue weighted by Gasteiger charge is 2.10. The normalized spacial score (nSPS) is 14.0. The van der Waals surface area contributed by atoms with Crippen molar-refractivity contribution in [1.82, 2.24) is 4.90 Å². The number of fused-ring (bicyclic) bond motifs is 1. The minimum atomic E-state index is -0.166. The highest BCUT2D eigenvalue weighted by atomic mass is 19.1. The largest absolute Gasteiger partial charge is 0.305 e. The van der Waals surface area contributed by atoms with E-state index in [4.69, 9.17) is 0 Å². The summed E-state index contributed by atoms with van der Waals surface area (Å²) >= 11 is 0. The Balaban J connectivity index is 0.000000254. The molecule has 0 bridgehead atoms. The quantitative estimate of drug-likeness (QED) is 0.270. The van der Waals surface area contributed by atoms with Crippen molar-refractivity contribution >= 4 is 11.9 Å². The maximum atomic E-state index is 13.0. The first-order valence-electron chi connectivity index (χ1n) is 12.3. The van der Waals surface area contributed by atoms with Gasteiger partial charge in [0.25, 0.3) is 0 Å². The van der Waals surface area contributed by atoms with Gasteiger partial charge in [0.2, 0.25) is 0 Å². The third-order valence-corrected chi connectivity index (χ3v) is 5.83. The van der Waals surface area contributed by atoms with E-state index in [0.29, 0.717) is 5.92 Å². The average molecular weight is 461 g/mol. The fourth-order valence-corrected chi connectivity index (χ4v) is 4.03. The Kier molecular flexibility index (Phi) is 11.7. The Labute approximate surface area is 206 Å². The van der Waals surface area contributed by atoms with Crippen LogP contribution < -0.4 is 0 Å². The van der Waals surface area contributed by atoms with Crippen molar-refractivity contribution in [3.05, 3.63) is 101 Å². The number of nitrogens with zero attached hydrogens (tertiary/aromatic N) is 2. The standard InChI is InChI=1S/C19H25F.C12H16N2/c1-5-17(18-10-12-19(20)13-11-18)14-16(4)9-7-6-8-15(2)3;1-14(2)9-10-5-6-11-4-3-7-13-12(11)8-10/h6,8-13,17H,2,5,7,14H2,1,3-4H3;5-8H,3-4,9H2,1-2H3/b8-6-,16-9+;. The number of rotatable bonds is 9. The van der Waals surface area contributed by atoms with Gasteiger partial charge in [-0.1, -0.05) is 67.1 Å². The van der Waals surface area contributed by atoms with Crippen molar-refractivity contribution in [3.63, 3.8) is 0 Å². The number of aryl methyl sites for hydroxylation is 1. The Morgan fingerprint density at radius 2 is 1.88 bits per heavy atom. The van der Waals surface area contributed by atoms with Crippen LogP contribution in [-0.4, -0.2) is 25.2 Å². The summed E-state index contributed by atoms with van der Waals surface area (Å²) in [6.07, 6.45) is 13.7. The molecule has 1 heterocycles. The fourth-order valence-electron chi connectivity index (χ4n) is 4.03. The number of halogens is 1. The van der Waals surface area contributed by atoms with Crippen molar-refractivity contribution in [2.75, 3.05) is 14.1 Å². The fraction of sp³-hybridized carbons (Fsp3) is 0.387. The van der Waals surface area contributed by atoms with Crippen LogP contribution in [0, 0.1) is 5.82 Å². The number of benzene rings is 2. The molecule has 1 unspecified atom stereocenters. The molecule has 34 heavy (non-hydrogen) atoms. The lowest BCUT2D eigenvalue weighted by Gasteiger charge is -2.15. The van der Waals surface area contributed by atoms with Crippen LogP contribution in [0.2, 0.25) is 0 Å². The van der Waals surface area contributed by atoms with Crippen molar-refractivity contribution in [2.24, 2.45) is 4.99 Å². The summed E-state index contributed by atoms with van der Waals surface area (Å²) in [6.45, 7) is 11.2. The van der Waals surface area contributed by atoms with Crippen molar-refractivity contribution < 1.29 is 4.39 Å². The highest BCUT2D eigenvalue weighted by molar-refractivity contribution is 5.69. The van der Waals surface area contributed by atoms with Gasteiger partial charge >= 0.3 is 0 Å². The highest BCUT2D eigenvalue weighted by Crippen LogP contribution is 2.27. The maximum Gasteiger partial charge on any atom is 0.123 e. The van der Waals surface area contributed by atoms with Crippen LogP contribution in [0.25, 0.3) is 0 Å². The second kappa shape index (κ2) is 14.5. The number of hydrogen-bond donors (Lipinski definition) is 0. The Morgan fingerprint density at radius 1 is 1.15 bits per heavy atom. The molecule has 3 heteroatoms. The molecule has 0 spiro atoms. The van der Waals surface area contributed by atoms with Crippen LogP contribution in [0.4, 0.5) is 10.1 Å². The van der Waals surface area contributed by atoms with E-state index in [-0.39, 0.29) is 5.82 Å². The van der Waals surface area contributed by atoms with Gasteiger partial charge in [-0.15, -0.1) is 0 Å². The summed E-state index contributed by atoms with van der Waals surface area (Å²) < 4.78 is 13.0. The van der Waals surface area contributed by atoms with Crippen molar-refractivity contribution in [2.45, 2.75) is 65.3 Å². The number of hydrogen-bond acceptors (Lipinski definition) is 2. The summed E-state index contributed by atoms with van der Waals surface area (Å²) in [5.41, 5.74) is 7.57. The molecule has 1 aliphatic rings. The van der Waals surface area contributed by atoms with Gasteiger partial charge in [-0.3, -0.25) is 4.99 Å². The lowest BCUT2D eigenvalue weighted by Crippen LogP contribution is -2.10. The Morgan fingerprint density at radius 3 is 2.53 bits per heavy atom. The van der Waals surface area contributed by atoms with Gasteiger partial charge in [0.15, 0.2) is 0 Å². The first-order valence-corrected chi connectivity index (χ1v) is 12.3. The molecule has 0 N–H and O–H groups in total. The van der Waals surface area contributed by atoms with E-state index in [0.717, 1.165) is 49.9 Å². The van der Waals surface area contributed by atoms with Gasteiger partial charge in [0.1, 0.15) is 5.82 Å². The van der Waals surface area contributed by atoms with Crippen LogP contribution >= 0.6 is 0 Å². The molecular weight excluding hydrogens is 419 g/mol. The first kappa shape index (κ1) is 27.5. The predicted octanol–water partition coefficient (Wildman–Crippen LogP) is 8.57. The summed E-state index contributed by atoms with van der Waals surface area (Å²) in [5.74, 6) is 0.303. The average Bonchev–Trinajstić information content (AvgIpc) is 2.81. The van der Waals surface area contributed by atoms with E-state index in [2.05, 4.69) is 74.8 Å². The molecule has 0 aliphatic carbocycles. The predicted molar refractivity (Wildman–Crippen MR) is 147 cm³/mol. The zero-order valence-electron chi connectivity index (χ0n) is 21.7. The van der Waals surface area contributed by atoms with E-state index >= 15 is 0 Å². The summed E-state index contributed by atoms with van der Waals surface area (Å²) in [4.78, 5) is 6.59. The molecule has 3 rings (SSSR count). The molecule has 0 saturated heterocycles. The summed E-state index contributed by atoms with van der Waals surface area (Å²) in [5, 5.41) is 0. The minimum absolute atomic E-state index is 0.166. The second-order valence-corrected chi connectivity index (χ2v) is 9.45. The summed E-state index contributed by atoms with van der Waals surface area (Å²) in [6, 6.07) is 13.5. The van der Waals surface area contributed by atoms with Gasteiger partial charge in [-0.2, -0.15) is 0 Å². The lowest BCUT2D eigenvalue weighted by molar-refractivity contribution is 0.402. The number of aliphatic imine (C=N–C) groups is 1. The van der Waals surface area contributed by atoms with Gasteiger partial charge in [0.05, 0.1) is 5.69 Å². The van der Waals surface area contributed by atoms with Crippen molar-refractivity contribution in [3.8, 4) is 0 Å². The first-order chi connectivity index (χ1) is 16.3. The molecule has 0 amide bonds. The zero-order valence-corrected chi connectivity index (χ0v) is 21.7. The van der Waals surface area contributed by atoms with Crippen LogP contribution in [0.1, 0.15) is 69.1 Å². The molecule has 182 valence electrons.